The summed E-state index contributed by atoms with van der Waals surface area (Å²) in [5.74, 6) is -1.13. The van der Waals surface area contributed by atoms with Crippen LogP contribution in [0.2, 0.25) is 0 Å². The number of nitrogens with one attached hydrogen (secondary N) is 1. The molecular weight excluding hydrogens is 313 g/mol. The second-order valence-corrected chi connectivity index (χ2v) is 5.08. The Morgan fingerprint density at radius 3 is 2.42 bits per heavy atom. The van der Waals surface area contributed by atoms with E-state index in [1.54, 1.807) is 0 Å². The summed E-state index contributed by atoms with van der Waals surface area (Å²) >= 11 is 0. The highest BCUT2D eigenvalue weighted by molar-refractivity contribution is 5.83. The zero-order valence-electron chi connectivity index (χ0n) is 13.2. The van der Waals surface area contributed by atoms with Crippen molar-refractivity contribution in [2.24, 2.45) is 0 Å². The number of carbonyl (C=O) groups excluding carboxylic acids is 2. The highest BCUT2D eigenvalue weighted by atomic mass is 19.1. The third-order valence-electron chi connectivity index (χ3n) is 3.16. The minimum Gasteiger partial charge on any atom is -0.482 e. The molecule has 0 aliphatic rings. The Hall–Kier alpha value is -2.89. The number of halogens is 1. The summed E-state index contributed by atoms with van der Waals surface area (Å²) in [4.78, 5) is 23.6. The van der Waals surface area contributed by atoms with Gasteiger partial charge in [0.1, 0.15) is 11.6 Å². The van der Waals surface area contributed by atoms with Gasteiger partial charge in [0.05, 0.1) is 0 Å². The highest BCUT2D eigenvalue weighted by Gasteiger charge is 2.17. The molecule has 1 N–H and O–H groups in total. The number of hydrogen-bond acceptors (Lipinski definition) is 4. The van der Waals surface area contributed by atoms with Crippen LogP contribution in [0.15, 0.2) is 54.6 Å². The molecule has 0 unspecified atom stereocenters. The van der Waals surface area contributed by atoms with E-state index in [0.717, 1.165) is 5.56 Å². The zero-order valence-corrected chi connectivity index (χ0v) is 13.2. The summed E-state index contributed by atoms with van der Waals surface area (Å²) in [7, 11) is 0. The van der Waals surface area contributed by atoms with E-state index in [4.69, 9.17) is 9.47 Å². The maximum absolute atomic E-state index is 12.7. The Balaban J connectivity index is 1.72. The quantitative estimate of drug-likeness (QED) is 0.792. The van der Waals surface area contributed by atoms with Gasteiger partial charge in [-0.25, -0.2) is 9.18 Å². The van der Waals surface area contributed by atoms with Crippen molar-refractivity contribution in [3.05, 3.63) is 66.0 Å². The summed E-state index contributed by atoms with van der Waals surface area (Å²) in [5, 5.41) is 2.69. The number of hydrogen-bond donors (Lipinski definition) is 1. The van der Waals surface area contributed by atoms with E-state index in [9.17, 15) is 14.0 Å². The molecule has 0 aliphatic carbocycles. The number of benzene rings is 2. The lowest BCUT2D eigenvalue weighted by Crippen LogP contribution is -2.36. The van der Waals surface area contributed by atoms with E-state index in [1.165, 1.54) is 31.2 Å². The first kappa shape index (κ1) is 17.5. The Morgan fingerprint density at radius 2 is 1.75 bits per heavy atom. The highest BCUT2D eigenvalue weighted by Crippen LogP contribution is 2.11. The van der Waals surface area contributed by atoms with E-state index in [0.29, 0.717) is 12.3 Å². The lowest BCUT2D eigenvalue weighted by molar-refractivity contribution is -0.156. The number of carbonyl (C=O) groups is 2. The number of ether oxygens (including phenoxy) is 2. The molecule has 0 bridgehead atoms. The predicted octanol–water partition coefficient (Wildman–Crippen LogP) is 2.45. The molecule has 0 spiro atoms. The minimum absolute atomic E-state index is 0.342. The van der Waals surface area contributed by atoms with Gasteiger partial charge in [0.2, 0.25) is 0 Å². The molecular formula is C18H18FNO4. The fraction of sp³-hybridized carbons (Fsp3) is 0.222. The predicted molar refractivity (Wildman–Crippen MR) is 85.7 cm³/mol. The van der Waals surface area contributed by atoms with Crippen LogP contribution >= 0.6 is 0 Å². The van der Waals surface area contributed by atoms with Crippen LogP contribution in [0.1, 0.15) is 12.5 Å². The van der Waals surface area contributed by atoms with Gasteiger partial charge < -0.3 is 14.8 Å². The smallest absolute Gasteiger partial charge is 0.344 e. The van der Waals surface area contributed by atoms with Gasteiger partial charge in [0.15, 0.2) is 12.7 Å². The van der Waals surface area contributed by atoms with Gasteiger partial charge in [-0.15, -0.1) is 0 Å². The Morgan fingerprint density at radius 1 is 1.08 bits per heavy atom. The summed E-state index contributed by atoms with van der Waals surface area (Å²) in [5.41, 5.74) is 0.948. The average Bonchev–Trinajstić information content (AvgIpc) is 2.60. The van der Waals surface area contributed by atoms with Crippen molar-refractivity contribution >= 4 is 11.9 Å². The molecule has 0 fully saturated rings. The molecule has 2 aromatic carbocycles. The Labute approximate surface area is 139 Å². The third kappa shape index (κ3) is 5.72. The first-order valence-electron chi connectivity index (χ1n) is 7.44. The SMILES string of the molecule is C[C@@H](OC(=O)COc1ccc(F)cc1)C(=O)NCc1ccccc1. The van der Waals surface area contributed by atoms with E-state index < -0.39 is 23.8 Å². The standard InChI is InChI=1S/C18H18FNO4/c1-13(18(22)20-11-14-5-3-2-4-6-14)24-17(21)12-23-16-9-7-15(19)8-10-16/h2-10,13H,11-12H2,1H3,(H,20,22)/t13-/m1/s1. The minimum atomic E-state index is -0.932. The van der Waals surface area contributed by atoms with E-state index in [1.807, 2.05) is 30.3 Å². The van der Waals surface area contributed by atoms with Crippen LogP contribution in [0.3, 0.4) is 0 Å². The summed E-state index contributed by atoms with van der Waals surface area (Å²) in [6.45, 7) is 1.48. The van der Waals surface area contributed by atoms with Crippen molar-refractivity contribution < 1.29 is 23.5 Å². The second kappa shape index (κ2) is 8.67. The Kier molecular flexibility index (Phi) is 6.31. The molecule has 1 atom stereocenters. The first-order valence-corrected chi connectivity index (χ1v) is 7.44. The van der Waals surface area contributed by atoms with Gasteiger partial charge in [-0.3, -0.25) is 4.79 Å². The lowest BCUT2D eigenvalue weighted by atomic mass is 10.2. The average molecular weight is 331 g/mol. The topological polar surface area (TPSA) is 64.6 Å². The molecule has 6 heteroatoms. The monoisotopic (exact) mass is 331 g/mol. The van der Waals surface area contributed by atoms with Crippen molar-refractivity contribution in [3.63, 3.8) is 0 Å². The van der Waals surface area contributed by atoms with Crippen LogP contribution < -0.4 is 10.1 Å². The lowest BCUT2D eigenvalue weighted by Gasteiger charge is -2.14. The fourth-order valence-corrected chi connectivity index (χ4v) is 1.89. The summed E-state index contributed by atoms with van der Waals surface area (Å²) in [6, 6.07) is 14.6. The summed E-state index contributed by atoms with van der Waals surface area (Å²) in [6.07, 6.45) is -0.932. The first-order chi connectivity index (χ1) is 11.5. The van der Waals surface area contributed by atoms with Gasteiger partial charge in [-0.05, 0) is 36.8 Å². The molecule has 126 valence electrons. The molecule has 5 nitrogen and oxygen atoms in total. The molecule has 0 aromatic heterocycles. The molecule has 2 rings (SSSR count). The Bertz CT molecular complexity index is 673. The maximum atomic E-state index is 12.7. The second-order valence-electron chi connectivity index (χ2n) is 5.08. The van der Waals surface area contributed by atoms with Crippen LogP contribution in [0.4, 0.5) is 4.39 Å². The van der Waals surface area contributed by atoms with Gasteiger partial charge >= 0.3 is 5.97 Å². The molecule has 0 saturated carbocycles. The van der Waals surface area contributed by atoms with Crippen LogP contribution in [0, 0.1) is 5.82 Å². The largest absolute Gasteiger partial charge is 0.482 e. The third-order valence-corrected chi connectivity index (χ3v) is 3.16. The van der Waals surface area contributed by atoms with Gasteiger partial charge in [-0.1, -0.05) is 30.3 Å². The van der Waals surface area contributed by atoms with Crippen LogP contribution in [-0.2, 0) is 20.9 Å². The van der Waals surface area contributed by atoms with Gasteiger partial charge in [0.25, 0.3) is 5.91 Å². The fourth-order valence-electron chi connectivity index (χ4n) is 1.89. The maximum Gasteiger partial charge on any atom is 0.344 e. The summed E-state index contributed by atoms with van der Waals surface area (Å²) < 4.78 is 22.9. The number of esters is 1. The number of rotatable bonds is 7. The van der Waals surface area contributed by atoms with Crippen LogP contribution in [0.25, 0.3) is 0 Å². The van der Waals surface area contributed by atoms with Crippen molar-refractivity contribution in [1.29, 1.82) is 0 Å². The van der Waals surface area contributed by atoms with Crippen molar-refractivity contribution in [1.82, 2.24) is 5.32 Å². The normalized spacial score (nSPS) is 11.4. The van der Waals surface area contributed by atoms with Crippen molar-refractivity contribution in [2.45, 2.75) is 19.6 Å². The van der Waals surface area contributed by atoms with E-state index >= 15 is 0 Å². The molecule has 0 radical (unpaired) electrons. The molecule has 24 heavy (non-hydrogen) atoms. The van der Waals surface area contributed by atoms with Gasteiger partial charge in [0, 0.05) is 6.54 Å². The van der Waals surface area contributed by atoms with Crippen molar-refractivity contribution in [3.8, 4) is 5.75 Å². The van der Waals surface area contributed by atoms with Gasteiger partial charge in [-0.2, -0.15) is 0 Å². The molecule has 0 heterocycles. The van der Waals surface area contributed by atoms with Crippen LogP contribution in [-0.4, -0.2) is 24.6 Å². The molecule has 0 aliphatic heterocycles. The number of amides is 1. The molecule has 0 saturated heterocycles. The molecule has 2 aromatic rings. The van der Waals surface area contributed by atoms with Crippen LogP contribution in [0.5, 0.6) is 5.75 Å². The molecule has 1 amide bonds. The van der Waals surface area contributed by atoms with Crippen molar-refractivity contribution in [2.75, 3.05) is 6.61 Å². The zero-order chi connectivity index (χ0) is 17.4. The van der Waals surface area contributed by atoms with E-state index in [2.05, 4.69) is 5.32 Å². The van der Waals surface area contributed by atoms with E-state index in [-0.39, 0.29) is 6.61 Å².